The maximum atomic E-state index is 13.1. The lowest BCUT2D eigenvalue weighted by Crippen LogP contribution is -2.40. The molecule has 1 aliphatic heterocycles. The van der Waals surface area contributed by atoms with E-state index in [4.69, 9.17) is 19.5 Å². The summed E-state index contributed by atoms with van der Waals surface area (Å²) in [6.45, 7) is 3.05. The first-order valence-corrected chi connectivity index (χ1v) is 11.9. The van der Waals surface area contributed by atoms with Crippen LogP contribution in [0.2, 0.25) is 0 Å². The molecule has 0 atom stereocenters. The molecule has 0 saturated carbocycles. The number of rotatable bonds is 6. The molecule has 4 rings (SSSR count). The van der Waals surface area contributed by atoms with E-state index >= 15 is 0 Å². The van der Waals surface area contributed by atoms with Crippen LogP contribution in [0, 0.1) is 11.3 Å². The van der Waals surface area contributed by atoms with Crippen LogP contribution >= 0.6 is 0 Å². The number of pyridine rings is 1. The van der Waals surface area contributed by atoms with E-state index in [2.05, 4.69) is 4.98 Å². The molecule has 0 aliphatic carbocycles. The highest BCUT2D eigenvalue weighted by Crippen LogP contribution is 2.30. The second-order valence-corrected chi connectivity index (χ2v) is 9.30. The number of esters is 1. The molecule has 1 aromatic heterocycles. The number of hydrogen-bond acceptors (Lipinski definition) is 8. The van der Waals surface area contributed by atoms with Gasteiger partial charge in [0.15, 0.2) is 11.5 Å². The van der Waals surface area contributed by atoms with E-state index in [1.54, 1.807) is 6.92 Å². The fourth-order valence-electron chi connectivity index (χ4n) is 3.58. The summed E-state index contributed by atoms with van der Waals surface area (Å²) in [5.41, 5.74) is -0.0502. The molecule has 0 amide bonds. The first-order valence-electron chi connectivity index (χ1n) is 10.5. The number of carbonyl (C=O) groups is 1. The zero-order chi connectivity index (χ0) is 24.3. The minimum Gasteiger partial charge on any atom is -0.490 e. The van der Waals surface area contributed by atoms with Gasteiger partial charge >= 0.3 is 5.97 Å². The Morgan fingerprint density at radius 1 is 1.15 bits per heavy atom. The Kier molecular flexibility index (Phi) is 6.65. The predicted octanol–water partition coefficient (Wildman–Crippen LogP) is 2.04. The van der Waals surface area contributed by atoms with Gasteiger partial charge in [0, 0.05) is 36.1 Å². The molecule has 11 heteroatoms. The number of H-pyrrole nitrogens is 1. The summed E-state index contributed by atoms with van der Waals surface area (Å²) in [7, 11) is -3.83. The average molecular weight is 484 g/mol. The normalized spacial score (nSPS) is 14.5. The van der Waals surface area contributed by atoms with Crippen LogP contribution in [0.1, 0.15) is 22.8 Å². The van der Waals surface area contributed by atoms with Crippen molar-refractivity contribution < 1.29 is 27.4 Å². The largest absolute Gasteiger partial charge is 0.490 e. The monoisotopic (exact) mass is 483 g/mol. The van der Waals surface area contributed by atoms with E-state index < -0.39 is 21.6 Å². The molecule has 1 fully saturated rings. The van der Waals surface area contributed by atoms with Crippen LogP contribution in [-0.2, 0) is 14.8 Å². The third kappa shape index (κ3) is 4.65. The van der Waals surface area contributed by atoms with Gasteiger partial charge in [-0.3, -0.25) is 4.79 Å². The van der Waals surface area contributed by atoms with Crippen molar-refractivity contribution in [3.63, 3.8) is 0 Å². The molecule has 2 aromatic carbocycles. The molecular formula is C23H21N3O7S. The van der Waals surface area contributed by atoms with Gasteiger partial charge in [-0.2, -0.15) is 9.57 Å². The molecule has 0 bridgehead atoms. The number of nitrogens with one attached hydrogen (secondary N) is 1. The van der Waals surface area contributed by atoms with Crippen LogP contribution in [0.5, 0.6) is 11.5 Å². The fourth-order valence-corrected chi connectivity index (χ4v) is 5.02. The van der Waals surface area contributed by atoms with Gasteiger partial charge in [-0.05, 0) is 37.3 Å². The van der Waals surface area contributed by atoms with Crippen LogP contribution in [0.15, 0.2) is 52.2 Å². The summed E-state index contributed by atoms with van der Waals surface area (Å²) in [5.74, 6) is -0.612. The zero-order valence-electron chi connectivity index (χ0n) is 18.2. The van der Waals surface area contributed by atoms with Crippen LogP contribution in [-0.4, -0.2) is 56.6 Å². The van der Waals surface area contributed by atoms with E-state index in [0.29, 0.717) is 18.8 Å². The van der Waals surface area contributed by atoms with Gasteiger partial charge < -0.3 is 19.2 Å². The number of nitrogens with zero attached hydrogens (tertiary/aromatic N) is 2. The van der Waals surface area contributed by atoms with Gasteiger partial charge in [-0.1, -0.05) is 0 Å². The molecule has 1 N–H and O–H groups in total. The highest BCUT2D eigenvalue weighted by Gasteiger charge is 2.27. The first-order chi connectivity index (χ1) is 16.3. The quantitative estimate of drug-likeness (QED) is 0.415. The Labute approximate surface area is 195 Å². The minimum absolute atomic E-state index is 0.0172. The molecule has 3 aromatic rings. The summed E-state index contributed by atoms with van der Waals surface area (Å²) >= 11 is 0. The number of morpholine rings is 1. The molecule has 0 spiro atoms. The Bertz CT molecular complexity index is 1450. The lowest BCUT2D eigenvalue weighted by Gasteiger charge is -2.26. The van der Waals surface area contributed by atoms with E-state index in [9.17, 15) is 18.0 Å². The van der Waals surface area contributed by atoms with Crippen molar-refractivity contribution in [2.45, 2.75) is 11.8 Å². The Morgan fingerprint density at radius 2 is 1.91 bits per heavy atom. The molecule has 0 radical (unpaired) electrons. The van der Waals surface area contributed by atoms with Gasteiger partial charge in [0.2, 0.25) is 15.6 Å². The first kappa shape index (κ1) is 23.4. The smallest absolute Gasteiger partial charge is 0.344 e. The number of fused-ring (bicyclic) bond motifs is 1. The average Bonchev–Trinajstić information content (AvgIpc) is 2.84. The summed E-state index contributed by atoms with van der Waals surface area (Å²) in [6.07, 6.45) is 0. The zero-order valence-corrected chi connectivity index (χ0v) is 19.1. The van der Waals surface area contributed by atoms with Crippen molar-refractivity contribution in [2.24, 2.45) is 0 Å². The number of nitriles is 1. The second kappa shape index (κ2) is 9.64. The van der Waals surface area contributed by atoms with Gasteiger partial charge in [0.25, 0.3) is 0 Å². The van der Waals surface area contributed by atoms with Crippen LogP contribution < -0.4 is 15.0 Å². The van der Waals surface area contributed by atoms with E-state index in [1.807, 2.05) is 6.07 Å². The van der Waals surface area contributed by atoms with Gasteiger partial charge in [-0.15, -0.1) is 0 Å². The summed E-state index contributed by atoms with van der Waals surface area (Å²) in [4.78, 5) is 27.8. The van der Waals surface area contributed by atoms with Gasteiger partial charge in [0.1, 0.15) is 0 Å². The Balaban J connectivity index is 1.75. The van der Waals surface area contributed by atoms with E-state index in [0.717, 1.165) is 6.07 Å². The minimum atomic E-state index is -3.83. The van der Waals surface area contributed by atoms with E-state index in [-0.39, 0.29) is 52.6 Å². The van der Waals surface area contributed by atoms with Crippen molar-refractivity contribution in [3.05, 3.63) is 63.9 Å². The molecule has 1 aliphatic rings. The number of aromatic nitrogens is 1. The molecule has 34 heavy (non-hydrogen) atoms. The number of hydrogen-bond donors (Lipinski definition) is 1. The van der Waals surface area contributed by atoms with Crippen molar-refractivity contribution in [2.75, 3.05) is 32.9 Å². The van der Waals surface area contributed by atoms with Crippen molar-refractivity contribution in [1.82, 2.24) is 9.29 Å². The number of carbonyl (C=O) groups excluding carboxylic acids is 1. The predicted molar refractivity (Wildman–Crippen MR) is 121 cm³/mol. The van der Waals surface area contributed by atoms with Crippen molar-refractivity contribution >= 4 is 26.9 Å². The number of benzene rings is 2. The Hall–Kier alpha value is -3.72. The van der Waals surface area contributed by atoms with Crippen molar-refractivity contribution in [3.8, 4) is 17.6 Å². The lowest BCUT2D eigenvalue weighted by atomic mass is 10.1. The number of aromatic amines is 1. The van der Waals surface area contributed by atoms with Crippen LogP contribution in [0.25, 0.3) is 10.9 Å². The second-order valence-electron chi connectivity index (χ2n) is 7.37. The van der Waals surface area contributed by atoms with Gasteiger partial charge in [-0.25, -0.2) is 13.2 Å². The van der Waals surface area contributed by atoms with Gasteiger partial charge in [0.05, 0.1) is 41.9 Å². The van der Waals surface area contributed by atoms with Crippen LogP contribution in [0.3, 0.4) is 0 Å². The molecule has 0 unspecified atom stereocenters. The third-order valence-corrected chi connectivity index (χ3v) is 7.11. The maximum Gasteiger partial charge on any atom is 0.344 e. The standard InChI is InChI=1S/C23H21N3O7S/c1-2-32-21-11-15(14-24)3-6-20(21)33-23(28)18-13-22(27)25-19-5-4-16(12-17(18)19)34(29,30)26-7-9-31-10-8-26/h3-6,11-13H,2,7-10H2,1H3,(H,25,27). The summed E-state index contributed by atoms with van der Waals surface area (Å²) < 4.78 is 43.7. The topological polar surface area (TPSA) is 139 Å². The Morgan fingerprint density at radius 3 is 2.62 bits per heavy atom. The lowest BCUT2D eigenvalue weighted by molar-refractivity contribution is 0.0730. The molecule has 2 heterocycles. The molecule has 1 saturated heterocycles. The number of sulfonamides is 1. The fraction of sp³-hybridized carbons (Fsp3) is 0.261. The molecule has 10 nitrogen and oxygen atoms in total. The summed E-state index contributed by atoms with van der Waals surface area (Å²) in [6, 6.07) is 11.5. The third-order valence-electron chi connectivity index (χ3n) is 5.22. The van der Waals surface area contributed by atoms with E-state index in [1.165, 1.54) is 40.7 Å². The highest BCUT2D eigenvalue weighted by molar-refractivity contribution is 7.89. The summed E-state index contributed by atoms with van der Waals surface area (Å²) in [5, 5.41) is 9.32. The maximum absolute atomic E-state index is 13.1. The molecule has 176 valence electrons. The molecular weight excluding hydrogens is 462 g/mol. The van der Waals surface area contributed by atoms with Crippen molar-refractivity contribution in [1.29, 1.82) is 5.26 Å². The van der Waals surface area contributed by atoms with Crippen LogP contribution in [0.4, 0.5) is 0 Å². The highest BCUT2D eigenvalue weighted by atomic mass is 32.2. The SMILES string of the molecule is CCOc1cc(C#N)ccc1OC(=O)c1cc(=O)[nH]c2ccc(S(=O)(=O)N3CCOCC3)cc12. The number of ether oxygens (including phenoxy) is 3.